The normalized spacial score (nSPS) is 11.8. The predicted octanol–water partition coefficient (Wildman–Crippen LogP) is 7.18. The summed E-state index contributed by atoms with van der Waals surface area (Å²) in [6.07, 6.45) is 1.64. The van der Waals surface area contributed by atoms with Crippen LogP contribution in [0.2, 0.25) is 5.02 Å². The summed E-state index contributed by atoms with van der Waals surface area (Å²) in [4.78, 5) is 39.8. The summed E-state index contributed by atoms with van der Waals surface area (Å²) in [6.45, 7) is 3.75. The molecular formula is C32H28ClN3O3S. The van der Waals surface area contributed by atoms with Crippen molar-refractivity contribution < 1.29 is 14.4 Å². The summed E-state index contributed by atoms with van der Waals surface area (Å²) in [5, 5.41) is 8.50. The van der Waals surface area contributed by atoms with Crippen LogP contribution in [-0.4, -0.2) is 23.0 Å². The Morgan fingerprint density at radius 3 is 2.30 bits per heavy atom. The quantitative estimate of drug-likeness (QED) is 0.147. The van der Waals surface area contributed by atoms with Crippen molar-refractivity contribution in [1.82, 2.24) is 5.32 Å². The van der Waals surface area contributed by atoms with Crippen LogP contribution in [0.15, 0.2) is 114 Å². The monoisotopic (exact) mass is 569 g/mol. The van der Waals surface area contributed by atoms with Crippen LogP contribution in [-0.2, 0) is 9.59 Å². The van der Waals surface area contributed by atoms with Gasteiger partial charge < -0.3 is 16.0 Å². The van der Waals surface area contributed by atoms with Gasteiger partial charge in [-0.1, -0.05) is 77.8 Å². The van der Waals surface area contributed by atoms with E-state index < -0.39 is 17.1 Å². The number of nitrogens with one attached hydrogen (secondary N) is 3. The van der Waals surface area contributed by atoms with Crippen molar-refractivity contribution in [3.8, 4) is 0 Å². The standard InChI is InChI=1S/C32H28ClN3O3S/c1-21-10-8-11-23(18-21)19-29(36-31(38)24-12-4-3-5-13-24)32(39)34-25-14-9-15-26(20-25)40-22(2)30(37)35-28-17-7-6-16-27(28)33/h3-20,22H,1-2H3,(H,34,39)(H,35,37)(H,36,38)/b29-19+. The molecule has 8 heteroatoms. The molecule has 0 aliphatic rings. The van der Waals surface area contributed by atoms with Crippen molar-refractivity contribution >= 4 is 58.5 Å². The van der Waals surface area contributed by atoms with Crippen LogP contribution < -0.4 is 16.0 Å². The smallest absolute Gasteiger partial charge is 0.272 e. The summed E-state index contributed by atoms with van der Waals surface area (Å²) in [6, 6.07) is 30.6. The van der Waals surface area contributed by atoms with Gasteiger partial charge in [0.15, 0.2) is 0 Å². The maximum Gasteiger partial charge on any atom is 0.272 e. The first-order chi connectivity index (χ1) is 19.3. The minimum Gasteiger partial charge on any atom is -0.324 e. The summed E-state index contributed by atoms with van der Waals surface area (Å²) in [7, 11) is 0. The first-order valence-electron chi connectivity index (χ1n) is 12.6. The van der Waals surface area contributed by atoms with Gasteiger partial charge in [0.2, 0.25) is 5.91 Å². The molecule has 4 aromatic rings. The molecule has 0 fully saturated rings. The molecule has 3 amide bonds. The minimum atomic E-state index is -0.475. The lowest BCUT2D eigenvalue weighted by Gasteiger charge is -2.14. The molecule has 0 saturated carbocycles. The zero-order valence-corrected chi connectivity index (χ0v) is 23.6. The van der Waals surface area contributed by atoms with E-state index in [-0.39, 0.29) is 11.6 Å². The highest BCUT2D eigenvalue weighted by molar-refractivity contribution is 8.00. The number of benzene rings is 4. The van der Waals surface area contributed by atoms with E-state index in [2.05, 4.69) is 16.0 Å². The van der Waals surface area contributed by atoms with Crippen molar-refractivity contribution in [3.63, 3.8) is 0 Å². The number of amides is 3. The number of carbonyl (C=O) groups excluding carboxylic acids is 3. The summed E-state index contributed by atoms with van der Waals surface area (Å²) < 4.78 is 0. The fourth-order valence-corrected chi connectivity index (χ4v) is 4.88. The lowest BCUT2D eigenvalue weighted by atomic mass is 10.1. The number of thioether (sulfide) groups is 1. The number of aryl methyl sites for hydroxylation is 1. The Morgan fingerprint density at radius 1 is 0.825 bits per heavy atom. The largest absolute Gasteiger partial charge is 0.324 e. The minimum absolute atomic E-state index is 0.102. The Morgan fingerprint density at radius 2 is 1.55 bits per heavy atom. The number of halogens is 1. The third kappa shape index (κ3) is 8.09. The predicted molar refractivity (Wildman–Crippen MR) is 164 cm³/mol. The highest BCUT2D eigenvalue weighted by atomic mass is 35.5. The number of anilines is 2. The van der Waals surface area contributed by atoms with Gasteiger partial charge in [-0.2, -0.15) is 0 Å². The molecule has 0 aromatic heterocycles. The van der Waals surface area contributed by atoms with Crippen LogP contribution in [0.25, 0.3) is 6.08 Å². The lowest BCUT2D eigenvalue weighted by Crippen LogP contribution is -2.30. The maximum absolute atomic E-state index is 13.4. The van der Waals surface area contributed by atoms with Gasteiger partial charge in [-0.15, -0.1) is 11.8 Å². The molecule has 202 valence electrons. The Labute approximate surface area is 242 Å². The van der Waals surface area contributed by atoms with Gasteiger partial charge in [-0.3, -0.25) is 14.4 Å². The molecule has 0 spiro atoms. The molecule has 40 heavy (non-hydrogen) atoms. The molecule has 1 atom stereocenters. The van der Waals surface area contributed by atoms with E-state index in [1.54, 1.807) is 79.7 Å². The van der Waals surface area contributed by atoms with Gasteiger partial charge in [-0.25, -0.2) is 0 Å². The van der Waals surface area contributed by atoms with E-state index in [1.807, 2.05) is 43.3 Å². The summed E-state index contributed by atoms with van der Waals surface area (Å²) in [5.41, 5.74) is 3.42. The van der Waals surface area contributed by atoms with Crippen LogP contribution in [0.5, 0.6) is 0 Å². The second-order valence-corrected chi connectivity index (χ2v) is 10.8. The molecule has 3 N–H and O–H groups in total. The number of hydrogen-bond donors (Lipinski definition) is 3. The Hall–Kier alpha value is -4.33. The first kappa shape index (κ1) is 28.7. The average Bonchev–Trinajstić information content (AvgIpc) is 2.94. The Bertz CT molecular complexity index is 1560. The van der Waals surface area contributed by atoms with Crippen molar-refractivity contribution in [2.75, 3.05) is 10.6 Å². The van der Waals surface area contributed by atoms with Crippen LogP contribution in [0.4, 0.5) is 11.4 Å². The zero-order valence-electron chi connectivity index (χ0n) is 22.0. The highest BCUT2D eigenvalue weighted by Crippen LogP contribution is 2.28. The SMILES string of the molecule is Cc1cccc(/C=C(/NC(=O)c2ccccc2)C(=O)Nc2cccc(SC(C)C(=O)Nc3ccccc3Cl)c2)c1. The fraction of sp³-hybridized carbons (Fsp3) is 0.0938. The second kappa shape index (κ2) is 13.6. The first-order valence-corrected chi connectivity index (χ1v) is 13.8. The van der Waals surface area contributed by atoms with Crippen molar-refractivity contribution in [3.05, 3.63) is 131 Å². The fourth-order valence-electron chi connectivity index (χ4n) is 3.77. The van der Waals surface area contributed by atoms with Gasteiger partial charge in [0.1, 0.15) is 5.70 Å². The van der Waals surface area contributed by atoms with Crippen LogP contribution in [0.3, 0.4) is 0 Å². The van der Waals surface area contributed by atoms with Crippen molar-refractivity contribution in [2.45, 2.75) is 24.0 Å². The zero-order chi connectivity index (χ0) is 28.5. The molecule has 0 aliphatic heterocycles. The van der Waals surface area contributed by atoms with Gasteiger partial charge in [0.05, 0.1) is 16.0 Å². The van der Waals surface area contributed by atoms with E-state index in [0.717, 1.165) is 16.0 Å². The van der Waals surface area contributed by atoms with E-state index in [4.69, 9.17) is 11.6 Å². The lowest BCUT2D eigenvalue weighted by molar-refractivity contribution is -0.115. The van der Waals surface area contributed by atoms with E-state index >= 15 is 0 Å². The molecule has 0 bridgehead atoms. The van der Waals surface area contributed by atoms with E-state index in [0.29, 0.717) is 22.0 Å². The molecule has 4 rings (SSSR count). The van der Waals surface area contributed by atoms with Gasteiger partial charge in [0.25, 0.3) is 11.8 Å². The van der Waals surface area contributed by atoms with Crippen LogP contribution in [0, 0.1) is 6.92 Å². The summed E-state index contributed by atoms with van der Waals surface area (Å²) >= 11 is 7.51. The van der Waals surface area contributed by atoms with Crippen LogP contribution in [0.1, 0.15) is 28.4 Å². The highest BCUT2D eigenvalue weighted by Gasteiger charge is 2.18. The topological polar surface area (TPSA) is 87.3 Å². The molecule has 0 radical (unpaired) electrons. The number of hydrogen-bond acceptors (Lipinski definition) is 4. The molecule has 1 unspecified atom stereocenters. The molecule has 0 aliphatic carbocycles. The van der Waals surface area contributed by atoms with Gasteiger partial charge in [-0.05, 0) is 68.0 Å². The molecule has 0 saturated heterocycles. The number of rotatable bonds is 9. The maximum atomic E-state index is 13.4. The molecule has 0 heterocycles. The summed E-state index contributed by atoms with van der Waals surface area (Å²) in [5.74, 6) is -1.06. The molecular weight excluding hydrogens is 542 g/mol. The second-order valence-electron chi connectivity index (χ2n) is 9.00. The van der Waals surface area contributed by atoms with E-state index in [1.165, 1.54) is 11.8 Å². The Balaban J connectivity index is 1.48. The van der Waals surface area contributed by atoms with Gasteiger partial charge >= 0.3 is 0 Å². The van der Waals surface area contributed by atoms with Gasteiger partial charge in [0, 0.05) is 16.1 Å². The molecule has 4 aromatic carbocycles. The third-order valence-corrected chi connectivity index (χ3v) is 7.21. The molecule has 6 nitrogen and oxygen atoms in total. The third-order valence-electron chi connectivity index (χ3n) is 5.79. The number of para-hydroxylation sites is 1. The van der Waals surface area contributed by atoms with Crippen molar-refractivity contribution in [1.29, 1.82) is 0 Å². The number of carbonyl (C=O) groups is 3. The van der Waals surface area contributed by atoms with E-state index in [9.17, 15) is 14.4 Å². The average molecular weight is 570 g/mol. The Kier molecular flexibility index (Phi) is 9.78. The van der Waals surface area contributed by atoms with Crippen LogP contribution >= 0.6 is 23.4 Å². The van der Waals surface area contributed by atoms with Crippen molar-refractivity contribution in [2.24, 2.45) is 0 Å².